The van der Waals surface area contributed by atoms with Crippen LogP contribution in [0.15, 0.2) is 48.5 Å². The number of nitrogens with two attached hydrogens (primary N) is 1. The molecule has 2 aromatic carbocycles. The van der Waals surface area contributed by atoms with Crippen molar-refractivity contribution in [1.82, 2.24) is 0 Å². The fraction of sp³-hybridized carbons (Fsp3) is 0.294. The summed E-state index contributed by atoms with van der Waals surface area (Å²) in [5, 5.41) is 3.42. The highest BCUT2D eigenvalue weighted by molar-refractivity contribution is 5.56. The molecule has 20 heavy (non-hydrogen) atoms. The van der Waals surface area contributed by atoms with E-state index >= 15 is 0 Å². The summed E-state index contributed by atoms with van der Waals surface area (Å²) >= 11 is 0. The SMILES string of the molecule is NC1CCCNc2ccc(OCc3ccccc3)cc21. The third-order valence-electron chi connectivity index (χ3n) is 3.68. The van der Waals surface area contributed by atoms with Crippen molar-refractivity contribution in [1.29, 1.82) is 0 Å². The Labute approximate surface area is 119 Å². The summed E-state index contributed by atoms with van der Waals surface area (Å²) < 4.78 is 5.86. The maximum Gasteiger partial charge on any atom is 0.120 e. The molecule has 3 nitrogen and oxygen atoms in total. The van der Waals surface area contributed by atoms with Crippen LogP contribution in [0.1, 0.15) is 30.0 Å². The van der Waals surface area contributed by atoms with Crippen LogP contribution in [0.2, 0.25) is 0 Å². The first-order valence-electron chi connectivity index (χ1n) is 7.13. The number of benzene rings is 2. The van der Waals surface area contributed by atoms with Crippen LogP contribution in [0.5, 0.6) is 5.75 Å². The van der Waals surface area contributed by atoms with Crippen molar-refractivity contribution < 1.29 is 4.74 Å². The number of anilines is 1. The van der Waals surface area contributed by atoms with E-state index in [0.29, 0.717) is 6.61 Å². The Hall–Kier alpha value is -2.00. The predicted octanol–water partition coefficient (Wildman–Crippen LogP) is 3.47. The second kappa shape index (κ2) is 5.97. The lowest BCUT2D eigenvalue weighted by atomic mass is 10.0. The third kappa shape index (κ3) is 2.94. The first-order chi connectivity index (χ1) is 9.83. The monoisotopic (exact) mass is 268 g/mol. The van der Waals surface area contributed by atoms with E-state index in [-0.39, 0.29) is 6.04 Å². The average Bonchev–Trinajstić information content (AvgIpc) is 2.68. The Kier molecular flexibility index (Phi) is 3.88. The van der Waals surface area contributed by atoms with Gasteiger partial charge in [-0.15, -0.1) is 0 Å². The summed E-state index contributed by atoms with van der Waals surface area (Å²) in [6.07, 6.45) is 2.12. The van der Waals surface area contributed by atoms with E-state index in [0.717, 1.165) is 36.4 Å². The van der Waals surface area contributed by atoms with E-state index in [1.165, 1.54) is 5.56 Å². The molecule has 1 aliphatic rings. The number of hydrogen-bond donors (Lipinski definition) is 2. The predicted molar refractivity (Wildman–Crippen MR) is 81.9 cm³/mol. The highest BCUT2D eigenvalue weighted by atomic mass is 16.5. The molecule has 1 unspecified atom stereocenters. The maximum atomic E-state index is 6.23. The lowest BCUT2D eigenvalue weighted by Gasteiger charge is -2.15. The van der Waals surface area contributed by atoms with Crippen LogP contribution >= 0.6 is 0 Å². The number of rotatable bonds is 3. The van der Waals surface area contributed by atoms with Crippen LogP contribution in [0.3, 0.4) is 0 Å². The van der Waals surface area contributed by atoms with Gasteiger partial charge in [0, 0.05) is 18.3 Å². The number of ether oxygens (including phenoxy) is 1. The number of fused-ring (bicyclic) bond motifs is 1. The summed E-state index contributed by atoms with van der Waals surface area (Å²) in [6, 6.07) is 16.4. The van der Waals surface area contributed by atoms with E-state index in [4.69, 9.17) is 10.5 Å². The molecule has 0 fully saturated rings. The summed E-state index contributed by atoms with van der Waals surface area (Å²) in [5.41, 5.74) is 9.70. The van der Waals surface area contributed by atoms with Gasteiger partial charge in [-0.25, -0.2) is 0 Å². The lowest BCUT2D eigenvalue weighted by Crippen LogP contribution is -2.09. The van der Waals surface area contributed by atoms with Gasteiger partial charge < -0.3 is 15.8 Å². The minimum atomic E-state index is 0.0975. The quantitative estimate of drug-likeness (QED) is 0.896. The molecule has 0 saturated heterocycles. The Morgan fingerprint density at radius 3 is 2.85 bits per heavy atom. The molecule has 2 aromatic rings. The first kappa shape index (κ1) is 13.0. The summed E-state index contributed by atoms with van der Waals surface area (Å²) in [7, 11) is 0. The smallest absolute Gasteiger partial charge is 0.120 e. The molecule has 0 saturated carbocycles. The van der Waals surface area contributed by atoms with Gasteiger partial charge in [-0.3, -0.25) is 0 Å². The molecule has 1 aliphatic heterocycles. The molecule has 3 rings (SSSR count). The first-order valence-corrected chi connectivity index (χ1v) is 7.13. The van der Waals surface area contributed by atoms with E-state index in [1.54, 1.807) is 0 Å². The Morgan fingerprint density at radius 1 is 1.15 bits per heavy atom. The highest BCUT2D eigenvalue weighted by Gasteiger charge is 2.15. The van der Waals surface area contributed by atoms with Crippen molar-refractivity contribution in [3.8, 4) is 5.75 Å². The van der Waals surface area contributed by atoms with Gasteiger partial charge in [-0.2, -0.15) is 0 Å². The zero-order valence-corrected chi connectivity index (χ0v) is 11.5. The van der Waals surface area contributed by atoms with Crippen molar-refractivity contribution in [3.05, 3.63) is 59.7 Å². The number of nitrogens with one attached hydrogen (secondary N) is 1. The van der Waals surface area contributed by atoms with Crippen LogP contribution in [-0.2, 0) is 6.61 Å². The minimum absolute atomic E-state index is 0.0975. The summed E-state index contributed by atoms with van der Waals surface area (Å²) in [6.45, 7) is 1.58. The molecule has 0 amide bonds. The lowest BCUT2D eigenvalue weighted by molar-refractivity contribution is 0.306. The molecule has 0 spiro atoms. The normalized spacial score (nSPS) is 17.8. The molecular weight excluding hydrogens is 248 g/mol. The van der Waals surface area contributed by atoms with Crippen molar-refractivity contribution in [2.24, 2.45) is 5.73 Å². The van der Waals surface area contributed by atoms with E-state index in [9.17, 15) is 0 Å². The molecule has 3 heteroatoms. The molecule has 1 atom stereocenters. The summed E-state index contributed by atoms with van der Waals surface area (Å²) in [4.78, 5) is 0. The minimum Gasteiger partial charge on any atom is -0.489 e. The van der Waals surface area contributed by atoms with Crippen LogP contribution < -0.4 is 15.8 Å². The van der Waals surface area contributed by atoms with Gasteiger partial charge in [0.2, 0.25) is 0 Å². The standard InChI is InChI=1S/C17H20N2O/c18-16-7-4-10-19-17-9-8-14(11-15(16)17)20-12-13-5-2-1-3-6-13/h1-3,5-6,8-9,11,16,19H,4,7,10,12,18H2. The van der Waals surface area contributed by atoms with E-state index in [2.05, 4.69) is 29.6 Å². The average molecular weight is 268 g/mol. The van der Waals surface area contributed by atoms with Gasteiger partial charge >= 0.3 is 0 Å². The fourth-order valence-corrected chi connectivity index (χ4v) is 2.54. The van der Waals surface area contributed by atoms with E-state index < -0.39 is 0 Å². The largest absolute Gasteiger partial charge is 0.489 e. The summed E-state index contributed by atoms with van der Waals surface area (Å²) in [5.74, 6) is 0.881. The van der Waals surface area contributed by atoms with Crippen LogP contribution in [-0.4, -0.2) is 6.54 Å². The third-order valence-corrected chi connectivity index (χ3v) is 3.68. The highest BCUT2D eigenvalue weighted by Crippen LogP contribution is 2.31. The van der Waals surface area contributed by atoms with Crippen LogP contribution in [0.25, 0.3) is 0 Å². The second-order valence-corrected chi connectivity index (χ2v) is 5.20. The van der Waals surface area contributed by atoms with Crippen LogP contribution in [0, 0.1) is 0 Å². The zero-order valence-electron chi connectivity index (χ0n) is 11.5. The van der Waals surface area contributed by atoms with Crippen LogP contribution in [0.4, 0.5) is 5.69 Å². The fourth-order valence-electron chi connectivity index (χ4n) is 2.54. The molecule has 0 radical (unpaired) electrons. The van der Waals surface area contributed by atoms with Gasteiger partial charge in [0.25, 0.3) is 0 Å². The molecule has 1 heterocycles. The molecule has 3 N–H and O–H groups in total. The van der Waals surface area contributed by atoms with Crippen molar-refractivity contribution >= 4 is 5.69 Å². The maximum absolute atomic E-state index is 6.23. The molecule has 0 aliphatic carbocycles. The molecule has 0 aromatic heterocycles. The van der Waals surface area contributed by atoms with Gasteiger partial charge in [-0.1, -0.05) is 30.3 Å². The Balaban J connectivity index is 1.75. The van der Waals surface area contributed by atoms with Gasteiger partial charge in [0.1, 0.15) is 12.4 Å². The molecule has 0 bridgehead atoms. The van der Waals surface area contributed by atoms with Crippen molar-refractivity contribution in [3.63, 3.8) is 0 Å². The molecular formula is C17H20N2O. The topological polar surface area (TPSA) is 47.3 Å². The zero-order chi connectivity index (χ0) is 13.8. The van der Waals surface area contributed by atoms with Crippen molar-refractivity contribution in [2.45, 2.75) is 25.5 Å². The Morgan fingerprint density at radius 2 is 2.00 bits per heavy atom. The van der Waals surface area contributed by atoms with Gasteiger partial charge in [0.15, 0.2) is 0 Å². The molecule has 104 valence electrons. The second-order valence-electron chi connectivity index (χ2n) is 5.20. The Bertz CT molecular complexity index is 568. The number of hydrogen-bond acceptors (Lipinski definition) is 3. The van der Waals surface area contributed by atoms with Gasteiger partial charge in [-0.05, 0) is 42.2 Å². The van der Waals surface area contributed by atoms with E-state index in [1.807, 2.05) is 24.3 Å². The van der Waals surface area contributed by atoms with Crippen molar-refractivity contribution in [2.75, 3.05) is 11.9 Å². The van der Waals surface area contributed by atoms with Gasteiger partial charge in [0.05, 0.1) is 0 Å².